The Morgan fingerprint density at radius 3 is 1.57 bits per heavy atom. The fourth-order valence-electron chi connectivity index (χ4n) is 6.26. The van der Waals surface area contributed by atoms with Crippen molar-refractivity contribution in [2.75, 3.05) is 13.2 Å². The van der Waals surface area contributed by atoms with Gasteiger partial charge < -0.3 is 20.3 Å². The number of esters is 1. The first-order chi connectivity index (χ1) is 25.0. The van der Waals surface area contributed by atoms with Crippen molar-refractivity contribution in [3.05, 3.63) is 36.5 Å². The van der Waals surface area contributed by atoms with Crippen molar-refractivity contribution in [1.82, 2.24) is 5.32 Å². The van der Waals surface area contributed by atoms with Gasteiger partial charge in [-0.25, -0.2) is 0 Å². The Balaban J connectivity index is 3.50. The second kappa shape index (κ2) is 40.8. The number of allylic oxidation sites excluding steroid dienone is 5. The minimum absolute atomic E-state index is 0.0278. The van der Waals surface area contributed by atoms with Crippen molar-refractivity contribution in [1.29, 1.82) is 0 Å². The molecular formula is C45H83NO5. The Labute approximate surface area is 315 Å². The molecule has 6 nitrogen and oxygen atoms in total. The third kappa shape index (κ3) is 37.6. The van der Waals surface area contributed by atoms with Crippen LogP contribution < -0.4 is 5.32 Å². The van der Waals surface area contributed by atoms with E-state index in [0.29, 0.717) is 19.4 Å². The molecule has 0 fully saturated rings. The maximum Gasteiger partial charge on any atom is 0.305 e. The number of aliphatic hydroxyl groups excluding tert-OH is 2. The summed E-state index contributed by atoms with van der Waals surface area (Å²) in [5.41, 5.74) is 0. The van der Waals surface area contributed by atoms with Crippen LogP contribution in [0.4, 0.5) is 0 Å². The van der Waals surface area contributed by atoms with Gasteiger partial charge in [0.15, 0.2) is 0 Å². The molecular weight excluding hydrogens is 634 g/mol. The van der Waals surface area contributed by atoms with Gasteiger partial charge in [-0.3, -0.25) is 9.59 Å². The molecule has 1 amide bonds. The second-order valence-electron chi connectivity index (χ2n) is 14.7. The van der Waals surface area contributed by atoms with Crippen LogP contribution in [0.5, 0.6) is 0 Å². The van der Waals surface area contributed by atoms with Crippen LogP contribution in [0.2, 0.25) is 0 Å². The minimum Gasteiger partial charge on any atom is -0.466 e. The summed E-state index contributed by atoms with van der Waals surface area (Å²) in [5.74, 6) is -0.117. The third-order valence-electron chi connectivity index (χ3n) is 9.64. The zero-order chi connectivity index (χ0) is 37.3. The summed E-state index contributed by atoms with van der Waals surface area (Å²) >= 11 is 0. The minimum atomic E-state index is -0.852. The summed E-state index contributed by atoms with van der Waals surface area (Å²) in [6.45, 7) is 4.75. The average Bonchev–Trinajstić information content (AvgIpc) is 3.13. The average molecular weight is 718 g/mol. The summed E-state index contributed by atoms with van der Waals surface area (Å²) in [7, 11) is 0. The quantitative estimate of drug-likeness (QED) is 0.0334. The van der Waals surface area contributed by atoms with Gasteiger partial charge in [-0.2, -0.15) is 0 Å². The highest BCUT2D eigenvalue weighted by Gasteiger charge is 2.18. The standard InChI is InChI=1S/C45H83NO5/c1-3-5-7-9-11-13-14-15-19-23-27-31-35-39-45(50)51-40-36-32-28-24-20-17-16-18-22-26-30-34-38-44(49)46-42(41-47)43(48)37-33-29-25-21-12-10-8-6-4-2/h7,9,13-14,33,37,42-43,47-48H,3-6,8,10-12,15-32,34-36,38-41H2,1-2H3,(H,46,49)/b9-7-,14-13-,37-33+. The number of amides is 1. The van der Waals surface area contributed by atoms with E-state index >= 15 is 0 Å². The van der Waals surface area contributed by atoms with Crippen molar-refractivity contribution in [3.8, 4) is 0 Å². The summed E-state index contributed by atoms with van der Waals surface area (Å²) in [6, 6.07) is -0.638. The molecule has 0 bridgehead atoms. The largest absolute Gasteiger partial charge is 0.466 e. The molecule has 51 heavy (non-hydrogen) atoms. The van der Waals surface area contributed by atoms with E-state index in [1.807, 2.05) is 6.08 Å². The number of nitrogens with one attached hydrogen (secondary N) is 1. The van der Waals surface area contributed by atoms with Crippen molar-refractivity contribution in [2.24, 2.45) is 0 Å². The van der Waals surface area contributed by atoms with E-state index < -0.39 is 12.1 Å². The number of ether oxygens (including phenoxy) is 1. The number of carbonyl (C=O) groups excluding carboxylic acids is 2. The first-order valence-electron chi connectivity index (χ1n) is 21.8. The monoisotopic (exact) mass is 718 g/mol. The van der Waals surface area contributed by atoms with Gasteiger partial charge in [0, 0.05) is 12.8 Å². The van der Waals surface area contributed by atoms with Gasteiger partial charge in [0.2, 0.25) is 5.91 Å². The molecule has 2 atom stereocenters. The fraction of sp³-hybridized carbons (Fsp3) is 0.822. The van der Waals surface area contributed by atoms with Crippen LogP contribution in [0.1, 0.15) is 213 Å². The lowest BCUT2D eigenvalue weighted by molar-refractivity contribution is -0.143. The third-order valence-corrected chi connectivity index (χ3v) is 9.64. The van der Waals surface area contributed by atoms with Crippen LogP contribution in [0.25, 0.3) is 0 Å². The maximum absolute atomic E-state index is 12.3. The zero-order valence-corrected chi connectivity index (χ0v) is 33.6. The number of rotatable bonds is 39. The molecule has 0 radical (unpaired) electrons. The zero-order valence-electron chi connectivity index (χ0n) is 33.6. The first kappa shape index (κ1) is 49.1. The second-order valence-corrected chi connectivity index (χ2v) is 14.7. The van der Waals surface area contributed by atoms with E-state index in [9.17, 15) is 19.8 Å². The number of unbranched alkanes of at least 4 members (excludes halogenated alkanes) is 24. The lowest BCUT2D eigenvalue weighted by Crippen LogP contribution is -2.45. The summed E-state index contributed by atoms with van der Waals surface area (Å²) in [4.78, 5) is 24.3. The number of carbonyl (C=O) groups is 2. The van der Waals surface area contributed by atoms with Gasteiger partial charge >= 0.3 is 5.97 Å². The highest BCUT2D eigenvalue weighted by atomic mass is 16.5. The summed E-state index contributed by atoms with van der Waals surface area (Å²) in [5, 5.41) is 22.8. The number of hydrogen-bond acceptors (Lipinski definition) is 5. The molecule has 0 aliphatic heterocycles. The smallest absolute Gasteiger partial charge is 0.305 e. The molecule has 6 heteroatoms. The first-order valence-corrected chi connectivity index (χ1v) is 21.8. The lowest BCUT2D eigenvalue weighted by Gasteiger charge is -2.20. The van der Waals surface area contributed by atoms with E-state index in [0.717, 1.165) is 70.6 Å². The molecule has 298 valence electrons. The molecule has 0 aromatic heterocycles. The van der Waals surface area contributed by atoms with Gasteiger partial charge in [0.25, 0.3) is 0 Å². The van der Waals surface area contributed by atoms with Gasteiger partial charge in [-0.1, -0.05) is 179 Å². The van der Waals surface area contributed by atoms with Gasteiger partial charge in [-0.15, -0.1) is 0 Å². The van der Waals surface area contributed by atoms with Crippen molar-refractivity contribution >= 4 is 11.9 Å². The molecule has 0 saturated carbocycles. The van der Waals surface area contributed by atoms with Crippen LogP contribution in [-0.4, -0.2) is 47.4 Å². The fourth-order valence-corrected chi connectivity index (χ4v) is 6.26. The number of aliphatic hydroxyl groups is 2. The van der Waals surface area contributed by atoms with Gasteiger partial charge in [0.1, 0.15) is 0 Å². The molecule has 0 aliphatic rings. The van der Waals surface area contributed by atoms with Crippen LogP contribution in [0, 0.1) is 0 Å². The highest BCUT2D eigenvalue weighted by Crippen LogP contribution is 2.14. The summed E-state index contributed by atoms with van der Waals surface area (Å²) < 4.78 is 5.43. The molecule has 0 saturated heterocycles. The van der Waals surface area contributed by atoms with Crippen LogP contribution in [-0.2, 0) is 14.3 Å². The van der Waals surface area contributed by atoms with Crippen LogP contribution in [0.3, 0.4) is 0 Å². The molecule has 0 heterocycles. The van der Waals surface area contributed by atoms with Crippen molar-refractivity contribution in [3.63, 3.8) is 0 Å². The molecule has 0 aromatic rings. The number of hydrogen-bond donors (Lipinski definition) is 3. The van der Waals surface area contributed by atoms with E-state index in [-0.39, 0.29) is 18.5 Å². The predicted molar refractivity (Wildman–Crippen MR) is 218 cm³/mol. The Bertz CT molecular complexity index is 838. The van der Waals surface area contributed by atoms with E-state index in [1.165, 1.54) is 116 Å². The van der Waals surface area contributed by atoms with E-state index in [2.05, 4.69) is 43.5 Å². The van der Waals surface area contributed by atoms with E-state index in [4.69, 9.17) is 4.74 Å². The maximum atomic E-state index is 12.3. The Morgan fingerprint density at radius 1 is 0.549 bits per heavy atom. The lowest BCUT2D eigenvalue weighted by atomic mass is 10.0. The van der Waals surface area contributed by atoms with E-state index in [1.54, 1.807) is 6.08 Å². The van der Waals surface area contributed by atoms with Gasteiger partial charge in [0.05, 0.1) is 25.4 Å². The molecule has 0 spiro atoms. The molecule has 3 N–H and O–H groups in total. The SMILES string of the molecule is CCC/C=C\C/C=C\CCCCCCCC(=O)OCCCCCCCCCCCCCCC(=O)NC(CO)C(O)/C=C/CCCCCCCCC. The van der Waals surface area contributed by atoms with Crippen LogP contribution >= 0.6 is 0 Å². The van der Waals surface area contributed by atoms with Crippen LogP contribution in [0.15, 0.2) is 36.5 Å². The topological polar surface area (TPSA) is 95.9 Å². The molecule has 0 aromatic carbocycles. The summed E-state index contributed by atoms with van der Waals surface area (Å²) in [6.07, 6.45) is 47.0. The Morgan fingerprint density at radius 2 is 1.02 bits per heavy atom. The Hall–Kier alpha value is -1.92. The van der Waals surface area contributed by atoms with Crippen molar-refractivity contribution < 1.29 is 24.5 Å². The molecule has 0 aliphatic carbocycles. The van der Waals surface area contributed by atoms with Gasteiger partial charge in [-0.05, 0) is 57.8 Å². The Kier molecular flexibility index (Phi) is 39.3. The molecule has 2 unspecified atom stereocenters. The molecule has 0 rings (SSSR count). The predicted octanol–water partition coefficient (Wildman–Crippen LogP) is 12.2. The van der Waals surface area contributed by atoms with Crippen molar-refractivity contribution in [2.45, 2.75) is 225 Å². The highest BCUT2D eigenvalue weighted by molar-refractivity contribution is 5.76. The normalized spacial score (nSPS) is 13.1.